The molecule has 8 nitrogen and oxygen atoms in total. The highest BCUT2D eigenvalue weighted by atomic mass is 35.5. The van der Waals surface area contributed by atoms with Crippen molar-refractivity contribution in [2.45, 2.75) is 26.4 Å². The van der Waals surface area contributed by atoms with Gasteiger partial charge in [-0.05, 0) is 73.8 Å². The summed E-state index contributed by atoms with van der Waals surface area (Å²) in [7, 11) is 0. The van der Waals surface area contributed by atoms with E-state index in [0.29, 0.717) is 23.0 Å². The van der Waals surface area contributed by atoms with Crippen molar-refractivity contribution in [1.29, 1.82) is 0 Å². The molecule has 0 aliphatic rings. The maximum absolute atomic E-state index is 11.9. The van der Waals surface area contributed by atoms with Crippen LogP contribution in [-0.2, 0) is 4.74 Å². The number of hydrogen-bond acceptors (Lipinski definition) is 6. The van der Waals surface area contributed by atoms with Crippen LogP contribution in [0.25, 0.3) is 16.8 Å². The van der Waals surface area contributed by atoms with Gasteiger partial charge < -0.3 is 9.47 Å². The summed E-state index contributed by atoms with van der Waals surface area (Å²) in [4.78, 5) is 11.9. The first-order chi connectivity index (χ1) is 14.8. The number of aromatic nitrogens is 4. The molecule has 9 heteroatoms. The third-order valence-corrected chi connectivity index (χ3v) is 4.36. The van der Waals surface area contributed by atoms with E-state index in [1.807, 2.05) is 69.3 Å². The molecule has 0 aliphatic heterocycles. The molecule has 2 aromatic carbocycles. The van der Waals surface area contributed by atoms with Crippen LogP contribution in [-0.4, -0.2) is 31.5 Å². The fourth-order valence-electron chi connectivity index (χ4n) is 2.83. The lowest BCUT2D eigenvalue weighted by molar-refractivity contribution is 0.0636. The predicted molar refractivity (Wildman–Crippen MR) is 118 cm³/mol. The number of amides is 1. The summed E-state index contributed by atoms with van der Waals surface area (Å²) >= 11 is 5.97. The standard InChI is InChI=1S/C22H20ClN5O3/c1-22(2,3)31-21(29)24-16-9-7-14(8-10-16)15-5-4-6-17(13-15)30-19-12-11-18-25-26-20(23)28(18)27-19/h4-13H,1-3H3,(H,24,29). The third-order valence-electron chi connectivity index (χ3n) is 4.12. The number of nitrogens with one attached hydrogen (secondary N) is 1. The molecule has 0 aliphatic carbocycles. The molecule has 0 fully saturated rings. The summed E-state index contributed by atoms with van der Waals surface area (Å²) in [6, 6.07) is 18.5. The molecule has 0 radical (unpaired) electrons. The van der Waals surface area contributed by atoms with Crippen molar-refractivity contribution in [3.05, 3.63) is 65.9 Å². The summed E-state index contributed by atoms with van der Waals surface area (Å²) in [5, 5.41) is 14.8. The van der Waals surface area contributed by atoms with Gasteiger partial charge in [-0.2, -0.15) is 4.52 Å². The highest BCUT2D eigenvalue weighted by Crippen LogP contribution is 2.28. The number of rotatable bonds is 4. The Morgan fingerprint density at radius 2 is 1.77 bits per heavy atom. The second kappa shape index (κ2) is 8.23. The van der Waals surface area contributed by atoms with Gasteiger partial charge in [0.2, 0.25) is 11.2 Å². The largest absolute Gasteiger partial charge is 0.444 e. The van der Waals surface area contributed by atoms with Gasteiger partial charge in [0.25, 0.3) is 0 Å². The van der Waals surface area contributed by atoms with E-state index < -0.39 is 11.7 Å². The first-order valence-electron chi connectivity index (χ1n) is 9.53. The first kappa shape index (κ1) is 20.6. The van der Waals surface area contributed by atoms with Crippen molar-refractivity contribution in [1.82, 2.24) is 19.8 Å². The van der Waals surface area contributed by atoms with Gasteiger partial charge in [0.1, 0.15) is 11.4 Å². The van der Waals surface area contributed by atoms with Crippen molar-refractivity contribution < 1.29 is 14.3 Å². The van der Waals surface area contributed by atoms with Crippen LogP contribution >= 0.6 is 11.6 Å². The molecule has 1 N–H and O–H groups in total. The van der Waals surface area contributed by atoms with Crippen LogP contribution in [0.4, 0.5) is 10.5 Å². The maximum atomic E-state index is 11.9. The molecule has 0 saturated heterocycles. The van der Waals surface area contributed by atoms with E-state index in [9.17, 15) is 4.79 Å². The van der Waals surface area contributed by atoms with Crippen LogP contribution in [0.15, 0.2) is 60.7 Å². The minimum Gasteiger partial charge on any atom is -0.444 e. The van der Waals surface area contributed by atoms with Gasteiger partial charge in [0, 0.05) is 11.8 Å². The number of anilines is 1. The molecule has 1 amide bonds. The van der Waals surface area contributed by atoms with Gasteiger partial charge >= 0.3 is 6.09 Å². The monoisotopic (exact) mass is 437 g/mol. The number of benzene rings is 2. The average molecular weight is 438 g/mol. The molecular weight excluding hydrogens is 418 g/mol. The lowest BCUT2D eigenvalue weighted by Gasteiger charge is -2.19. The minimum atomic E-state index is -0.552. The van der Waals surface area contributed by atoms with Crippen LogP contribution in [0, 0.1) is 0 Å². The van der Waals surface area contributed by atoms with Crippen molar-refractivity contribution in [3.8, 4) is 22.8 Å². The number of carbonyl (C=O) groups excluding carboxylic acids is 1. The SMILES string of the molecule is CC(C)(C)OC(=O)Nc1ccc(-c2cccc(Oc3ccc4nnc(Cl)n4n3)c2)cc1. The van der Waals surface area contributed by atoms with Crippen molar-refractivity contribution >= 4 is 29.0 Å². The summed E-state index contributed by atoms with van der Waals surface area (Å²) in [6.45, 7) is 5.46. The summed E-state index contributed by atoms with van der Waals surface area (Å²) < 4.78 is 12.5. The lowest BCUT2D eigenvalue weighted by Crippen LogP contribution is -2.27. The van der Waals surface area contributed by atoms with Crippen molar-refractivity contribution in [2.75, 3.05) is 5.32 Å². The van der Waals surface area contributed by atoms with E-state index in [1.165, 1.54) is 4.52 Å². The van der Waals surface area contributed by atoms with E-state index in [1.54, 1.807) is 12.1 Å². The van der Waals surface area contributed by atoms with Gasteiger partial charge in [0.05, 0.1) is 0 Å². The number of carbonyl (C=O) groups is 1. The van der Waals surface area contributed by atoms with Gasteiger partial charge in [-0.25, -0.2) is 4.79 Å². The average Bonchev–Trinajstić information content (AvgIpc) is 3.08. The van der Waals surface area contributed by atoms with E-state index in [4.69, 9.17) is 21.1 Å². The van der Waals surface area contributed by atoms with E-state index in [0.717, 1.165) is 11.1 Å². The zero-order chi connectivity index (χ0) is 22.0. The maximum Gasteiger partial charge on any atom is 0.412 e. The highest BCUT2D eigenvalue weighted by Gasteiger charge is 2.16. The summed E-state index contributed by atoms with van der Waals surface area (Å²) in [5.74, 6) is 0.979. The normalized spacial score (nSPS) is 11.4. The molecule has 4 rings (SSSR count). The van der Waals surface area contributed by atoms with Crippen LogP contribution in [0.5, 0.6) is 11.6 Å². The molecule has 0 bridgehead atoms. The Labute approximate surface area is 183 Å². The second-order valence-electron chi connectivity index (χ2n) is 7.74. The number of halogens is 1. The summed E-state index contributed by atoms with van der Waals surface area (Å²) in [6.07, 6.45) is -0.492. The van der Waals surface area contributed by atoms with Gasteiger partial charge in [-0.1, -0.05) is 24.3 Å². The predicted octanol–water partition coefficient (Wildman–Crippen LogP) is 5.58. The first-order valence-corrected chi connectivity index (χ1v) is 9.91. The zero-order valence-electron chi connectivity index (χ0n) is 17.2. The van der Waals surface area contributed by atoms with Crippen LogP contribution in [0.1, 0.15) is 20.8 Å². The van der Waals surface area contributed by atoms with E-state index in [2.05, 4.69) is 20.6 Å². The smallest absolute Gasteiger partial charge is 0.412 e. The van der Waals surface area contributed by atoms with Crippen molar-refractivity contribution in [3.63, 3.8) is 0 Å². The summed E-state index contributed by atoms with van der Waals surface area (Å²) in [5.41, 5.74) is 2.54. The Morgan fingerprint density at radius 3 is 2.52 bits per heavy atom. The Morgan fingerprint density at radius 1 is 1.00 bits per heavy atom. The minimum absolute atomic E-state index is 0.161. The van der Waals surface area contributed by atoms with Gasteiger partial charge in [0.15, 0.2) is 5.65 Å². The quantitative estimate of drug-likeness (QED) is 0.448. The number of nitrogens with zero attached hydrogens (tertiary/aromatic N) is 4. The molecule has 0 unspecified atom stereocenters. The highest BCUT2D eigenvalue weighted by molar-refractivity contribution is 6.28. The zero-order valence-corrected chi connectivity index (χ0v) is 17.9. The Kier molecular flexibility index (Phi) is 5.48. The van der Waals surface area contributed by atoms with Gasteiger partial charge in [-0.15, -0.1) is 15.3 Å². The molecule has 2 heterocycles. The molecule has 0 atom stereocenters. The van der Waals surface area contributed by atoms with Crippen LogP contribution < -0.4 is 10.1 Å². The molecule has 0 spiro atoms. The van der Waals surface area contributed by atoms with Crippen molar-refractivity contribution in [2.24, 2.45) is 0 Å². The van der Waals surface area contributed by atoms with E-state index in [-0.39, 0.29) is 5.28 Å². The Hall–Kier alpha value is -3.65. The molecule has 2 aromatic heterocycles. The van der Waals surface area contributed by atoms with Crippen LogP contribution in [0.3, 0.4) is 0 Å². The lowest BCUT2D eigenvalue weighted by atomic mass is 10.1. The molecule has 4 aromatic rings. The van der Waals surface area contributed by atoms with Gasteiger partial charge in [-0.3, -0.25) is 5.32 Å². The molecule has 158 valence electrons. The third kappa shape index (κ3) is 5.10. The fraction of sp³-hybridized carbons (Fsp3) is 0.182. The topological polar surface area (TPSA) is 90.6 Å². The molecule has 31 heavy (non-hydrogen) atoms. The Balaban J connectivity index is 1.48. The number of hydrogen-bond donors (Lipinski definition) is 1. The van der Waals surface area contributed by atoms with Crippen LogP contribution in [0.2, 0.25) is 5.28 Å². The molecular formula is C22H20ClN5O3. The number of ether oxygens (including phenoxy) is 2. The number of fused-ring (bicyclic) bond motifs is 1. The molecule has 0 saturated carbocycles. The second-order valence-corrected chi connectivity index (χ2v) is 8.08. The van der Waals surface area contributed by atoms with E-state index >= 15 is 0 Å². The fourth-order valence-corrected chi connectivity index (χ4v) is 2.99. The Bertz CT molecular complexity index is 1230.